The Balaban J connectivity index is 2.04. The zero-order chi connectivity index (χ0) is 14.8. The van der Waals surface area contributed by atoms with Crippen LogP contribution >= 0.6 is 0 Å². The van der Waals surface area contributed by atoms with Crippen molar-refractivity contribution >= 4 is 0 Å². The lowest BCUT2D eigenvalue weighted by Crippen LogP contribution is -2.35. The van der Waals surface area contributed by atoms with Crippen LogP contribution in [-0.2, 0) is 13.1 Å². The zero-order valence-electron chi connectivity index (χ0n) is 13.7. The third-order valence-corrected chi connectivity index (χ3v) is 4.21. The number of benzene rings is 1. The van der Waals surface area contributed by atoms with Crippen molar-refractivity contribution in [1.82, 2.24) is 10.2 Å². The van der Waals surface area contributed by atoms with Crippen LogP contribution in [-0.4, -0.2) is 23.0 Å². The normalized spacial score (nSPS) is 24.2. The van der Waals surface area contributed by atoms with Gasteiger partial charge in [0.15, 0.2) is 0 Å². The summed E-state index contributed by atoms with van der Waals surface area (Å²) in [6.45, 7) is 14.7. The molecule has 2 heteroatoms. The van der Waals surface area contributed by atoms with Crippen molar-refractivity contribution in [3.8, 4) is 0 Å². The van der Waals surface area contributed by atoms with Crippen LogP contribution in [0.5, 0.6) is 0 Å². The van der Waals surface area contributed by atoms with E-state index < -0.39 is 0 Å². The Bertz CT molecular complexity index is 433. The van der Waals surface area contributed by atoms with Gasteiger partial charge in [-0.1, -0.05) is 31.2 Å². The maximum atomic E-state index is 3.60. The van der Waals surface area contributed by atoms with Gasteiger partial charge in [0.1, 0.15) is 0 Å². The van der Waals surface area contributed by atoms with Crippen LogP contribution < -0.4 is 5.32 Å². The van der Waals surface area contributed by atoms with Crippen LogP contribution in [0.1, 0.15) is 52.2 Å². The van der Waals surface area contributed by atoms with Gasteiger partial charge in [-0.3, -0.25) is 4.90 Å². The van der Waals surface area contributed by atoms with E-state index >= 15 is 0 Å². The minimum Gasteiger partial charge on any atom is -0.308 e. The molecule has 1 saturated heterocycles. The van der Waals surface area contributed by atoms with Crippen LogP contribution in [0.15, 0.2) is 24.3 Å². The molecule has 20 heavy (non-hydrogen) atoms. The van der Waals surface area contributed by atoms with Gasteiger partial charge in [-0.25, -0.2) is 0 Å². The maximum Gasteiger partial charge on any atom is 0.0239 e. The summed E-state index contributed by atoms with van der Waals surface area (Å²) >= 11 is 0. The van der Waals surface area contributed by atoms with Crippen molar-refractivity contribution in [1.29, 1.82) is 0 Å². The van der Waals surface area contributed by atoms with Gasteiger partial charge in [0.05, 0.1) is 0 Å². The maximum absolute atomic E-state index is 3.60. The SMILES string of the molecule is CC1CC(C)N(Cc2ccccc2CNC(C)(C)C)C1. The molecule has 1 aliphatic rings. The number of hydrogen-bond donors (Lipinski definition) is 1. The van der Waals surface area contributed by atoms with Crippen molar-refractivity contribution in [2.45, 2.75) is 65.7 Å². The molecule has 1 aromatic rings. The average Bonchev–Trinajstić information content (AvgIpc) is 2.66. The van der Waals surface area contributed by atoms with Gasteiger partial charge in [-0.05, 0) is 51.2 Å². The first-order valence-electron chi connectivity index (χ1n) is 7.91. The van der Waals surface area contributed by atoms with Crippen LogP contribution in [0.25, 0.3) is 0 Å². The molecule has 112 valence electrons. The molecular formula is C18H30N2. The third kappa shape index (κ3) is 4.32. The molecule has 0 amide bonds. The minimum atomic E-state index is 0.169. The van der Waals surface area contributed by atoms with Gasteiger partial charge >= 0.3 is 0 Å². The van der Waals surface area contributed by atoms with E-state index in [9.17, 15) is 0 Å². The lowest BCUT2D eigenvalue weighted by atomic mass is 10.0. The molecule has 2 rings (SSSR count). The molecule has 0 bridgehead atoms. The average molecular weight is 274 g/mol. The molecule has 1 aliphatic heterocycles. The Hall–Kier alpha value is -0.860. The fraction of sp³-hybridized carbons (Fsp3) is 0.667. The molecule has 0 aliphatic carbocycles. The quantitative estimate of drug-likeness (QED) is 0.898. The van der Waals surface area contributed by atoms with Gasteiger partial charge in [0.2, 0.25) is 0 Å². The van der Waals surface area contributed by atoms with Crippen molar-refractivity contribution in [3.63, 3.8) is 0 Å². The molecule has 0 spiro atoms. The predicted octanol–water partition coefficient (Wildman–Crippen LogP) is 3.81. The highest BCUT2D eigenvalue weighted by molar-refractivity contribution is 5.27. The highest BCUT2D eigenvalue weighted by Crippen LogP contribution is 2.25. The molecule has 0 aromatic heterocycles. The van der Waals surface area contributed by atoms with E-state index in [1.807, 2.05) is 0 Å². The monoisotopic (exact) mass is 274 g/mol. The lowest BCUT2D eigenvalue weighted by molar-refractivity contribution is 0.255. The second kappa shape index (κ2) is 6.28. The first kappa shape index (κ1) is 15.5. The number of nitrogens with one attached hydrogen (secondary N) is 1. The van der Waals surface area contributed by atoms with Gasteiger partial charge < -0.3 is 5.32 Å². The summed E-state index contributed by atoms with van der Waals surface area (Å²) in [7, 11) is 0. The van der Waals surface area contributed by atoms with E-state index in [2.05, 4.69) is 69.1 Å². The Morgan fingerprint density at radius 3 is 2.35 bits per heavy atom. The van der Waals surface area contributed by atoms with Gasteiger partial charge in [-0.2, -0.15) is 0 Å². The first-order chi connectivity index (χ1) is 9.35. The summed E-state index contributed by atoms with van der Waals surface area (Å²) in [4.78, 5) is 2.63. The summed E-state index contributed by atoms with van der Waals surface area (Å²) in [6.07, 6.45) is 1.34. The topological polar surface area (TPSA) is 15.3 Å². The summed E-state index contributed by atoms with van der Waals surface area (Å²) in [6, 6.07) is 9.58. The second-order valence-corrected chi connectivity index (χ2v) is 7.49. The predicted molar refractivity (Wildman–Crippen MR) is 86.7 cm³/mol. The molecular weight excluding hydrogens is 244 g/mol. The summed E-state index contributed by atoms with van der Waals surface area (Å²) in [5.41, 5.74) is 3.09. The lowest BCUT2D eigenvalue weighted by Gasteiger charge is -2.25. The number of rotatable bonds is 4. The Morgan fingerprint density at radius 2 is 1.80 bits per heavy atom. The molecule has 1 N–H and O–H groups in total. The Kier molecular flexibility index (Phi) is 4.87. The molecule has 0 radical (unpaired) electrons. The van der Waals surface area contributed by atoms with E-state index in [0.717, 1.165) is 19.0 Å². The Morgan fingerprint density at radius 1 is 1.15 bits per heavy atom. The van der Waals surface area contributed by atoms with E-state index in [0.29, 0.717) is 6.04 Å². The largest absolute Gasteiger partial charge is 0.308 e. The van der Waals surface area contributed by atoms with Crippen LogP contribution in [0.3, 0.4) is 0 Å². The zero-order valence-corrected chi connectivity index (χ0v) is 13.7. The first-order valence-corrected chi connectivity index (χ1v) is 7.91. The van der Waals surface area contributed by atoms with E-state index in [4.69, 9.17) is 0 Å². The molecule has 1 aromatic carbocycles. The van der Waals surface area contributed by atoms with Crippen molar-refractivity contribution in [2.75, 3.05) is 6.54 Å². The molecule has 2 unspecified atom stereocenters. The molecule has 2 nitrogen and oxygen atoms in total. The van der Waals surface area contributed by atoms with E-state index in [-0.39, 0.29) is 5.54 Å². The number of nitrogens with zero attached hydrogens (tertiary/aromatic N) is 1. The van der Waals surface area contributed by atoms with Crippen LogP contribution in [0, 0.1) is 5.92 Å². The fourth-order valence-electron chi connectivity index (χ4n) is 3.07. The summed E-state index contributed by atoms with van der Waals surface area (Å²) in [5.74, 6) is 0.838. The van der Waals surface area contributed by atoms with Gasteiger partial charge in [-0.15, -0.1) is 0 Å². The van der Waals surface area contributed by atoms with Crippen LogP contribution in [0.2, 0.25) is 0 Å². The Labute approximate surface area is 124 Å². The van der Waals surface area contributed by atoms with Crippen molar-refractivity contribution < 1.29 is 0 Å². The molecule has 0 saturated carbocycles. The van der Waals surface area contributed by atoms with Gasteiger partial charge in [0.25, 0.3) is 0 Å². The third-order valence-electron chi connectivity index (χ3n) is 4.21. The van der Waals surface area contributed by atoms with Crippen molar-refractivity contribution in [3.05, 3.63) is 35.4 Å². The number of hydrogen-bond acceptors (Lipinski definition) is 2. The molecule has 2 atom stereocenters. The minimum absolute atomic E-state index is 0.169. The molecule has 1 heterocycles. The summed E-state index contributed by atoms with van der Waals surface area (Å²) < 4.78 is 0. The standard InChI is InChI=1S/C18H30N2/c1-14-10-15(2)20(12-14)13-17-9-7-6-8-16(17)11-19-18(3,4)5/h6-9,14-15,19H,10-13H2,1-5H3. The highest BCUT2D eigenvalue weighted by atomic mass is 15.2. The smallest absolute Gasteiger partial charge is 0.0239 e. The summed E-state index contributed by atoms with van der Waals surface area (Å²) in [5, 5.41) is 3.60. The van der Waals surface area contributed by atoms with Gasteiger partial charge in [0, 0.05) is 31.2 Å². The van der Waals surface area contributed by atoms with Crippen LogP contribution in [0.4, 0.5) is 0 Å². The number of likely N-dealkylation sites (tertiary alicyclic amines) is 1. The second-order valence-electron chi connectivity index (χ2n) is 7.49. The van der Waals surface area contributed by atoms with Crippen molar-refractivity contribution in [2.24, 2.45) is 5.92 Å². The van der Waals surface area contributed by atoms with E-state index in [1.54, 1.807) is 0 Å². The molecule has 1 fully saturated rings. The van der Waals surface area contributed by atoms with E-state index in [1.165, 1.54) is 24.1 Å². The fourth-order valence-corrected chi connectivity index (χ4v) is 3.07. The highest BCUT2D eigenvalue weighted by Gasteiger charge is 2.26.